The number of pyridine rings is 2. The van der Waals surface area contributed by atoms with Gasteiger partial charge in [0.25, 0.3) is 0 Å². The van der Waals surface area contributed by atoms with Crippen molar-refractivity contribution in [3.8, 4) is 16.9 Å². The lowest BCUT2D eigenvalue weighted by Crippen LogP contribution is -2.55. The second-order valence-electron chi connectivity index (χ2n) is 17.4. The van der Waals surface area contributed by atoms with Crippen LogP contribution in [0.1, 0.15) is 85.9 Å². The monoisotopic (exact) mass is 770 g/mol. The maximum atomic E-state index is 16.6. The van der Waals surface area contributed by atoms with E-state index < -0.39 is 31.5 Å². The highest BCUT2D eigenvalue weighted by Gasteiger charge is 2.37. The van der Waals surface area contributed by atoms with Crippen LogP contribution in [0.15, 0.2) is 47.5 Å². The summed E-state index contributed by atoms with van der Waals surface area (Å²) in [7, 11) is -1.97. The summed E-state index contributed by atoms with van der Waals surface area (Å²) in [6.07, 6.45) is 4.40. The average Bonchev–Trinajstić information content (AvgIpc) is 3.58. The summed E-state index contributed by atoms with van der Waals surface area (Å²) in [6, 6.07) is 8.61. The average molecular weight is 771 g/mol. The zero-order valence-corrected chi connectivity index (χ0v) is 35.1. The number of carbonyl (C=O) groups excluding carboxylic acids is 1. The molecular weight excluding hydrogens is 716 g/mol. The van der Waals surface area contributed by atoms with E-state index in [2.05, 4.69) is 44.1 Å². The third kappa shape index (κ3) is 8.16. The number of nitrogens with one attached hydrogen (secondary N) is 1. The molecule has 5 heterocycles. The Balaban J connectivity index is 1.51. The smallest absolute Gasteiger partial charge is 0.410 e. The largest absolute Gasteiger partial charge is 0.444 e. The minimum Gasteiger partial charge on any atom is -0.444 e. The number of hydrogen-bond donors (Lipinski definition) is 1. The molecule has 4 aromatic heterocycles. The molecular formula is C41H55FN8O4Si. The number of nitrogens with zero attached hydrogens (tertiary/aromatic N) is 7. The SMILES string of the molecule is CC(C)c1nccc(CCCO[Si](C)(C)C(C)(C)C)c1-n1c(=O)nc(N2CCN(C(=O)OC(C)(C)C)C[C@@H]2C)c2cc(F)c(-c3cccc4cn[nH]c34)nc21. The second-order valence-corrected chi connectivity index (χ2v) is 22.2. The predicted octanol–water partition coefficient (Wildman–Crippen LogP) is 8.38. The van der Waals surface area contributed by atoms with E-state index in [0.29, 0.717) is 66.3 Å². The summed E-state index contributed by atoms with van der Waals surface area (Å²) in [5.41, 5.74) is 2.52. The van der Waals surface area contributed by atoms with Crippen molar-refractivity contribution in [3.63, 3.8) is 0 Å². The molecule has 1 atom stereocenters. The second kappa shape index (κ2) is 15.1. The first-order chi connectivity index (χ1) is 25.8. The number of para-hydroxylation sites is 1. The standard InChI is InChI=1S/C41H55FN8O4Si/c1-25(2)32-35(27(17-18-43-32)15-13-21-53-55(10,11)41(7,8)9)50-37-30(22-31(42)34(45-37)29-16-12-14-28-23-44-47-33(28)29)36(46-38(50)51)49-20-19-48(24-26(49)3)39(52)54-40(4,5)6/h12,14,16-18,22-23,25-26H,13,15,19-21,24H2,1-11H3,(H,44,47)/t26-/m0/s1. The first kappa shape index (κ1) is 40.0. The predicted molar refractivity (Wildman–Crippen MR) is 218 cm³/mol. The Bertz CT molecular complexity index is 2270. The molecule has 294 valence electrons. The van der Waals surface area contributed by atoms with E-state index in [9.17, 15) is 9.59 Å². The summed E-state index contributed by atoms with van der Waals surface area (Å²) in [5.74, 6) is -0.314. The van der Waals surface area contributed by atoms with Gasteiger partial charge in [-0.15, -0.1) is 0 Å². The molecule has 5 aromatic rings. The number of rotatable bonds is 9. The summed E-state index contributed by atoms with van der Waals surface area (Å²) in [4.78, 5) is 45.8. The van der Waals surface area contributed by atoms with Crippen LogP contribution in [-0.2, 0) is 15.6 Å². The number of benzene rings is 1. The number of H-pyrrole nitrogens is 1. The molecule has 0 bridgehead atoms. The molecule has 14 heteroatoms. The zero-order valence-electron chi connectivity index (χ0n) is 34.1. The molecule has 1 N–H and O–H groups in total. The number of aromatic nitrogens is 6. The van der Waals surface area contributed by atoms with Crippen LogP contribution < -0.4 is 10.6 Å². The number of amides is 1. The number of carbonyl (C=O) groups is 1. The Kier molecular flexibility index (Phi) is 11.0. The van der Waals surface area contributed by atoms with Gasteiger partial charge >= 0.3 is 11.8 Å². The summed E-state index contributed by atoms with van der Waals surface area (Å²) >= 11 is 0. The van der Waals surface area contributed by atoms with Crippen LogP contribution >= 0.6 is 0 Å². The summed E-state index contributed by atoms with van der Waals surface area (Å²) in [5, 5.41) is 8.44. The number of aromatic amines is 1. The van der Waals surface area contributed by atoms with Gasteiger partial charge in [-0.25, -0.2) is 23.5 Å². The molecule has 55 heavy (non-hydrogen) atoms. The van der Waals surface area contributed by atoms with Gasteiger partial charge < -0.3 is 19.0 Å². The Morgan fingerprint density at radius 3 is 2.51 bits per heavy atom. The first-order valence-electron chi connectivity index (χ1n) is 19.2. The van der Waals surface area contributed by atoms with Gasteiger partial charge in [0.05, 0.1) is 28.5 Å². The van der Waals surface area contributed by atoms with E-state index in [-0.39, 0.29) is 28.3 Å². The van der Waals surface area contributed by atoms with Gasteiger partial charge in [0.15, 0.2) is 14.0 Å². The van der Waals surface area contributed by atoms with Crippen molar-refractivity contribution < 1.29 is 18.3 Å². The third-order valence-electron chi connectivity index (χ3n) is 10.8. The molecule has 0 saturated carbocycles. The normalized spacial score (nSPS) is 15.8. The molecule has 1 amide bonds. The van der Waals surface area contributed by atoms with Crippen LogP contribution in [-0.4, -0.2) is 86.9 Å². The number of ether oxygens (including phenoxy) is 1. The van der Waals surface area contributed by atoms with Gasteiger partial charge in [0.2, 0.25) is 0 Å². The maximum Gasteiger partial charge on any atom is 0.410 e. The Labute approximate surface area is 323 Å². The Hall–Kier alpha value is -4.69. The number of hydrogen-bond acceptors (Lipinski definition) is 9. The molecule has 0 aliphatic carbocycles. The molecule has 0 radical (unpaired) electrons. The molecule has 0 unspecified atom stereocenters. The van der Waals surface area contributed by atoms with Crippen LogP contribution in [0.25, 0.3) is 38.9 Å². The van der Waals surface area contributed by atoms with Gasteiger partial charge in [0, 0.05) is 49.4 Å². The highest BCUT2D eigenvalue weighted by Crippen LogP contribution is 2.38. The van der Waals surface area contributed by atoms with Gasteiger partial charge in [-0.05, 0) is 82.3 Å². The Morgan fingerprint density at radius 2 is 1.84 bits per heavy atom. The van der Waals surface area contributed by atoms with Gasteiger partial charge in [0.1, 0.15) is 22.9 Å². The zero-order chi connectivity index (χ0) is 40.0. The fourth-order valence-electron chi connectivity index (χ4n) is 6.85. The van der Waals surface area contributed by atoms with Crippen molar-refractivity contribution in [2.24, 2.45) is 0 Å². The van der Waals surface area contributed by atoms with E-state index in [4.69, 9.17) is 24.1 Å². The number of fused-ring (bicyclic) bond motifs is 2. The molecule has 1 aliphatic heterocycles. The van der Waals surface area contributed by atoms with Crippen molar-refractivity contribution in [3.05, 3.63) is 70.3 Å². The first-order valence-corrected chi connectivity index (χ1v) is 22.1. The summed E-state index contributed by atoms with van der Waals surface area (Å²) < 4.78 is 30.3. The topological polar surface area (TPSA) is 131 Å². The van der Waals surface area contributed by atoms with Crippen molar-refractivity contribution >= 4 is 42.2 Å². The Morgan fingerprint density at radius 1 is 1.09 bits per heavy atom. The number of anilines is 1. The van der Waals surface area contributed by atoms with Gasteiger partial charge in [-0.2, -0.15) is 10.1 Å². The highest BCUT2D eigenvalue weighted by atomic mass is 28.4. The highest BCUT2D eigenvalue weighted by molar-refractivity contribution is 6.74. The van der Waals surface area contributed by atoms with E-state index in [1.165, 1.54) is 10.6 Å². The van der Waals surface area contributed by atoms with E-state index in [0.717, 1.165) is 17.4 Å². The van der Waals surface area contributed by atoms with E-state index >= 15 is 4.39 Å². The third-order valence-corrected chi connectivity index (χ3v) is 15.3. The van der Waals surface area contributed by atoms with Gasteiger partial charge in [-0.1, -0.05) is 52.8 Å². The van der Waals surface area contributed by atoms with E-state index in [1.54, 1.807) is 23.4 Å². The lowest BCUT2D eigenvalue weighted by Gasteiger charge is -2.41. The van der Waals surface area contributed by atoms with Crippen LogP contribution in [0.2, 0.25) is 18.1 Å². The molecule has 1 aromatic carbocycles. The van der Waals surface area contributed by atoms with Crippen LogP contribution in [0, 0.1) is 5.82 Å². The molecule has 12 nitrogen and oxygen atoms in total. The van der Waals surface area contributed by atoms with Crippen molar-refractivity contribution in [2.75, 3.05) is 31.1 Å². The fourth-order valence-corrected chi connectivity index (χ4v) is 7.93. The van der Waals surface area contributed by atoms with Crippen molar-refractivity contribution in [1.82, 2.24) is 34.6 Å². The van der Waals surface area contributed by atoms with Crippen LogP contribution in [0.4, 0.5) is 15.0 Å². The number of piperazine rings is 1. The number of aryl methyl sites for hydroxylation is 1. The van der Waals surface area contributed by atoms with Crippen molar-refractivity contribution in [1.29, 1.82) is 0 Å². The summed E-state index contributed by atoms with van der Waals surface area (Å²) in [6.45, 7) is 24.3. The molecule has 1 saturated heterocycles. The number of halogens is 1. The molecule has 1 fully saturated rings. The van der Waals surface area contributed by atoms with Crippen LogP contribution in [0.3, 0.4) is 0 Å². The maximum absolute atomic E-state index is 16.6. The lowest BCUT2D eigenvalue weighted by atomic mass is 10.0. The fraction of sp³-hybridized carbons (Fsp3) is 0.512. The lowest BCUT2D eigenvalue weighted by molar-refractivity contribution is 0.0218. The van der Waals surface area contributed by atoms with E-state index in [1.807, 2.05) is 64.6 Å². The van der Waals surface area contributed by atoms with Crippen LogP contribution in [0.5, 0.6) is 0 Å². The molecule has 1 aliphatic rings. The van der Waals surface area contributed by atoms with Crippen molar-refractivity contribution in [2.45, 2.75) is 111 Å². The molecule has 6 rings (SSSR count). The quantitative estimate of drug-likeness (QED) is 0.116. The minimum atomic E-state index is -1.97. The minimum absolute atomic E-state index is 0.0559. The molecule has 0 spiro atoms. The van der Waals surface area contributed by atoms with Gasteiger partial charge in [-0.3, -0.25) is 10.1 Å².